The fourth-order valence-corrected chi connectivity index (χ4v) is 2.98. The summed E-state index contributed by atoms with van der Waals surface area (Å²) in [6.07, 6.45) is 6.01. The largest absolute Gasteiger partial charge is 0.339 e. The van der Waals surface area contributed by atoms with Gasteiger partial charge in [-0.3, -0.25) is 14.5 Å². The van der Waals surface area contributed by atoms with E-state index in [9.17, 15) is 4.79 Å². The number of likely N-dealkylation sites (tertiary alicyclic amines) is 1. The summed E-state index contributed by atoms with van der Waals surface area (Å²) in [5, 5.41) is 8.32. The lowest BCUT2D eigenvalue weighted by Gasteiger charge is -2.13. The van der Waals surface area contributed by atoms with Gasteiger partial charge in [0.05, 0.1) is 5.92 Å². The van der Waals surface area contributed by atoms with Crippen molar-refractivity contribution in [3.8, 4) is 11.4 Å². The van der Waals surface area contributed by atoms with Gasteiger partial charge in [-0.1, -0.05) is 5.16 Å². The predicted octanol–water partition coefficient (Wildman–Crippen LogP) is 1.98. The first kappa shape index (κ1) is 15.5. The smallest absolute Gasteiger partial charge is 0.274 e. The van der Waals surface area contributed by atoms with Crippen molar-refractivity contribution < 1.29 is 9.32 Å². The molecule has 4 rings (SSSR count). The average Bonchev–Trinajstić information content (AvgIpc) is 3.41. The number of carbonyl (C=O) groups excluding carboxylic acids is 1. The molecule has 3 aromatic rings. The van der Waals surface area contributed by atoms with Crippen LogP contribution in [0.4, 0.5) is 0 Å². The minimum Gasteiger partial charge on any atom is -0.339 e. The Hall–Kier alpha value is -3.03. The summed E-state index contributed by atoms with van der Waals surface area (Å²) >= 11 is 0. The molecule has 0 saturated carbocycles. The molecule has 0 aliphatic carbocycles. The van der Waals surface area contributed by atoms with Gasteiger partial charge in [-0.2, -0.15) is 10.1 Å². The molecule has 8 nitrogen and oxygen atoms in total. The number of hydrogen-bond donors (Lipinski definition) is 0. The van der Waals surface area contributed by atoms with E-state index in [4.69, 9.17) is 4.52 Å². The number of rotatable bonds is 4. The summed E-state index contributed by atoms with van der Waals surface area (Å²) in [6.45, 7) is 3.96. The highest BCUT2D eigenvalue weighted by atomic mass is 16.5. The molecule has 0 radical (unpaired) electrons. The van der Waals surface area contributed by atoms with E-state index in [0.717, 1.165) is 18.5 Å². The maximum Gasteiger partial charge on any atom is 0.274 e. The summed E-state index contributed by atoms with van der Waals surface area (Å²) in [5.41, 5.74) is 1.34. The molecule has 4 heterocycles. The van der Waals surface area contributed by atoms with Crippen LogP contribution in [0.3, 0.4) is 0 Å². The number of hydrogen-bond acceptors (Lipinski definition) is 6. The third kappa shape index (κ3) is 3.02. The van der Waals surface area contributed by atoms with Crippen LogP contribution in [-0.4, -0.2) is 48.8 Å². The van der Waals surface area contributed by atoms with Gasteiger partial charge in [0.2, 0.25) is 11.7 Å². The number of nitrogens with zero attached hydrogens (tertiary/aromatic N) is 6. The first-order valence-electron chi connectivity index (χ1n) is 8.31. The highest BCUT2D eigenvalue weighted by Crippen LogP contribution is 2.28. The van der Waals surface area contributed by atoms with E-state index >= 15 is 0 Å². The van der Waals surface area contributed by atoms with Crippen LogP contribution in [0.5, 0.6) is 0 Å². The number of aryl methyl sites for hydroxylation is 1. The summed E-state index contributed by atoms with van der Waals surface area (Å²) in [5.74, 6) is 1.12. The minimum absolute atomic E-state index is 0.0522. The number of amides is 1. The van der Waals surface area contributed by atoms with Gasteiger partial charge >= 0.3 is 0 Å². The van der Waals surface area contributed by atoms with Crippen molar-refractivity contribution in [3.63, 3.8) is 0 Å². The normalized spacial score (nSPS) is 17.2. The zero-order valence-corrected chi connectivity index (χ0v) is 13.9. The topological polar surface area (TPSA) is 89.9 Å². The Morgan fingerprint density at radius 3 is 2.92 bits per heavy atom. The molecule has 1 aliphatic rings. The molecule has 8 heteroatoms. The van der Waals surface area contributed by atoms with Crippen LogP contribution >= 0.6 is 0 Å². The lowest BCUT2D eigenvalue weighted by molar-refractivity contribution is 0.0783. The van der Waals surface area contributed by atoms with E-state index in [0.29, 0.717) is 30.5 Å². The van der Waals surface area contributed by atoms with Crippen molar-refractivity contribution >= 4 is 5.91 Å². The van der Waals surface area contributed by atoms with Crippen LogP contribution < -0.4 is 0 Å². The molecule has 0 bridgehead atoms. The van der Waals surface area contributed by atoms with Crippen LogP contribution in [0.1, 0.15) is 35.6 Å². The van der Waals surface area contributed by atoms with Gasteiger partial charge in [0.1, 0.15) is 5.69 Å². The zero-order chi connectivity index (χ0) is 17.2. The van der Waals surface area contributed by atoms with Gasteiger partial charge in [-0.05, 0) is 31.5 Å². The van der Waals surface area contributed by atoms with Crippen molar-refractivity contribution in [2.24, 2.45) is 0 Å². The molecule has 1 saturated heterocycles. The molecular formula is C17H18N6O2. The average molecular weight is 338 g/mol. The second-order valence-corrected chi connectivity index (χ2v) is 5.99. The van der Waals surface area contributed by atoms with Crippen LogP contribution in [0.25, 0.3) is 11.4 Å². The standard InChI is InChI=1S/C17H18N6O2/c1-2-23-10-6-14(20-23)17(24)22-9-5-13(11-22)16-19-15(21-25-16)12-3-7-18-8-4-12/h3-4,6-8,10,13H,2,5,9,11H2,1H3/t13-/m1/s1. The van der Waals surface area contributed by atoms with E-state index < -0.39 is 0 Å². The first-order chi connectivity index (χ1) is 12.2. The number of pyridine rings is 1. The third-order valence-electron chi connectivity index (χ3n) is 4.39. The van der Waals surface area contributed by atoms with E-state index in [2.05, 4.69) is 20.2 Å². The summed E-state index contributed by atoms with van der Waals surface area (Å²) < 4.78 is 7.17. The lowest BCUT2D eigenvalue weighted by atomic mass is 10.1. The molecule has 1 atom stereocenters. The Kier molecular flexibility index (Phi) is 4.01. The van der Waals surface area contributed by atoms with Crippen molar-refractivity contribution in [2.75, 3.05) is 13.1 Å². The Morgan fingerprint density at radius 2 is 2.16 bits per heavy atom. The van der Waals surface area contributed by atoms with Crippen LogP contribution in [-0.2, 0) is 6.54 Å². The second-order valence-electron chi connectivity index (χ2n) is 5.99. The maximum absolute atomic E-state index is 12.6. The van der Waals surface area contributed by atoms with E-state index in [1.165, 1.54) is 0 Å². The number of aromatic nitrogens is 5. The van der Waals surface area contributed by atoms with Crippen molar-refractivity contribution in [1.82, 2.24) is 29.8 Å². The lowest BCUT2D eigenvalue weighted by Crippen LogP contribution is -2.29. The minimum atomic E-state index is -0.0522. The van der Waals surface area contributed by atoms with E-state index in [1.807, 2.05) is 25.3 Å². The molecule has 1 aliphatic heterocycles. The van der Waals surface area contributed by atoms with E-state index in [-0.39, 0.29) is 11.8 Å². The third-order valence-corrected chi connectivity index (χ3v) is 4.39. The Balaban J connectivity index is 1.46. The molecule has 0 unspecified atom stereocenters. The first-order valence-corrected chi connectivity index (χ1v) is 8.31. The maximum atomic E-state index is 12.6. The van der Waals surface area contributed by atoms with Crippen LogP contribution in [0, 0.1) is 0 Å². The molecule has 0 aromatic carbocycles. The van der Waals surface area contributed by atoms with Gasteiger partial charge < -0.3 is 9.42 Å². The highest BCUT2D eigenvalue weighted by Gasteiger charge is 2.32. The van der Waals surface area contributed by atoms with Gasteiger partial charge in [0.25, 0.3) is 5.91 Å². The van der Waals surface area contributed by atoms with Crippen molar-refractivity contribution in [2.45, 2.75) is 25.8 Å². The molecule has 3 aromatic heterocycles. The summed E-state index contributed by atoms with van der Waals surface area (Å²) in [7, 11) is 0. The van der Waals surface area contributed by atoms with Gasteiger partial charge in [0.15, 0.2) is 0 Å². The fourth-order valence-electron chi connectivity index (χ4n) is 2.98. The van der Waals surface area contributed by atoms with Gasteiger partial charge in [0, 0.05) is 43.8 Å². The second kappa shape index (κ2) is 6.46. The molecule has 25 heavy (non-hydrogen) atoms. The highest BCUT2D eigenvalue weighted by molar-refractivity contribution is 5.92. The Bertz CT molecular complexity index is 872. The Labute approximate surface area is 144 Å². The van der Waals surface area contributed by atoms with Crippen LogP contribution in [0.2, 0.25) is 0 Å². The molecule has 0 N–H and O–H groups in total. The fraction of sp³-hybridized carbons (Fsp3) is 0.353. The van der Waals surface area contributed by atoms with E-state index in [1.54, 1.807) is 28.0 Å². The van der Waals surface area contributed by atoms with Gasteiger partial charge in [-0.15, -0.1) is 0 Å². The summed E-state index contributed by atoms with van der Waals surface area (Å²) in [6, 6.07) is 5.43. The van der Waals surface area contributed by atoms with Gasteiger partial charge in [-0.25, -0.2) is 0 Å². The Morgan fingerprint density at radius 1 is 1.32 bits per heavy atom. The van der Waals surface area contributed by atoms with Crippen LogP contribution in [0.15, 0.2) is 41.3 Å². The van der Waals surface area contributed by atoms with Crippen molar-refractivity contribution in [1.29, 1.82) is 0 Å². The quantitative estimate of drug-likeness (QED) is 0.722. The number of carbonyl (C=O) groups is 1. The zero-order valence-electron chi connectivity index (χ0n) is 13.9. The van der Waals surface area contributed by atoms with Crippen molar-refractivity contribution in [3.05, 3.63) is 48.4 Å². The molecule has 1 amide bonds. The SMILES string of the molecule is CCn1ccc(C(=O)N2CC[C@@H](c3nc(-c4ccncc4)no3)C2)n1. The molecular weight excluding hydrogens is 320 g/mol. The molecule has 1 fully saturated rings. The molecule has 128 valence electrons. The monoisotopic (exact) mass is 338 g/mol. The predicted molar refractivity (Wildman–Crippen MR) is 88.7 cm³/mol. The summed E-state index contributed by atoms with van der Waals surface area (Å²) in [4.78, 5) is 22.8. The molecule has 0 spiro atoms.